The van der Waals surface area contributed by atoms with Gasteiger partial charge in [0.05, 0.1) is 30.9 Å². The second kappa shape index (κ2) is 8.98. The number of nitrogens with zero attached hydrogens (tertiary/aromatic N) is 1. The van der Waals surface area contributed by atoms with E-state index in [0.29, 0.717) is 32.7 Å². The Balaban J connectivity index is 1.57. The van der Waals surface area contributed by atoms with E-state index in [-0.39, 0.29) is 17.6 Å². The van der Waals surface area contributed by atoms with Gasteiger partial charge in [-0.1, -0.05) is 18.2 Å². The van der Waals surface area contributed by atoms with Crippen LogP contribution in [0.3, 0.4) is 0 Å². The van der Waals surface area contributed by atoms with Gasteiger partial charge in [0.25, 0.3) is 0 Å². The number of carbonyl (C=O) groups excluding carboxylic acids is 1. The van der Waals surface area contributed by atoms with Gasteiger partial charge >= 0.3 is 12.0 Å². The van der Waals surface area contributed by atoms with Crippen molar-refractivity contribution in [3.8, 4) is 0 Å². The summed E-state index contributed by atoms with van der Waals surface area (Å²) in [7, 11) is 0. The van der Waals surface area contributed by atoms with Gasteiger partial charge in [0, 0.05) is 24.4 Å². The van der Waals surface area contributed by atoms with Crippen LogP contribution in [0.2, 0.25) is 0 Å². The first-order chi connectivity index (χ1) is 13.0. The largest absolute Gasteiger partial charge is 0.478 e. The number of urea groups is 1. The summed E-state index contributed by atoms with van der Waals surface area (Å²) in [6.45, 7) is 1.62. The van der Waals surface area contributed by atoms with Crippen molar-refractivity contribution in [2.24, 2.45) is 0 Å². The van der Waals surface area contributed by atoms with Gasteiger partial charge in [0.1, 0.15) is 0 Å². The van der Waals surface area contributed by atoms with Crippen LogP contribution in [-0.2, 0) is 11.3 Å². The maximum atomic E-state index is 12.6. The van der Waals surface area contributed by atoms with Crippen LogP contribution in [0.4, 0.5) is 4.79 Å². The first-order valence-electron chi connectivity index (χ1n) is 8.70. The highest BCUT2D eigenvalue weighted by atomic mass is 32.1. The van der Waals surface area contributed by atoms with Gasteiger partial charge in [-0.2, -0.15) is 0 Å². The summed E-state index contributed by atoms with van der Waals surface area (Å²) in [5.74, 6) is -0.981. The van der Waals surface area contributed by atoms with E-state index in [9.17, 15) is 14.7 Å². The summed E-state index contributed by atoms with van der Waals surface area (Å²) < 4.78 is 5.49. The van der Waals surface area contributed by atoms with Crippen molar-refractivity contribution in [3.05, 3.63) is 57.8 Å². The number of carbonyl (C=O) groups is 2. The normalized spacial score (nSPS) is 18.1. The van der Waals surface area contributed by atoms with Crippen LogP contribution in [-0.4, -0.2) is 52.9 Å². The molecule has 2 amide bonds. The molecule has 1 aromatic heterocycles. The number of rotatable bonds is 6. The molecule has 2 heterocycles. The SMILES string of the molecule is O=C(O)c1ccc(CNC(=O)N2CCOCC2CC(O)c2cccs2)cc1. The minimum atomic E-state index is -0.981. The van der Waals surface area contributed by atoms with Gasteiger partial charge in [-0.15, -0.1) is 11.3 Å². The number of aliphatic hydroxyl groups excluding tert-OH is 1. The van der Waals surface area contributed by atoms with Gasteiger partial charge in [0.15, 0.2) is 0 Å². The molecule has 3 N–H and O–H groups in total. The second-order valence-corrected chi connectivity index (χ2v) is 7.33. The highest BCUT2D eigenvalue weighted by Crippen LogP contribution is 2.26. The molecule has 2 unspecified atom stereocenters. The van der Waals surface area contributed by atoms with E-state index >= 15 is 0 Å². The van der Waals surface area contributed by atoms with Crippen molar-refractivity contribution >= 4 is 23.3 Å². The Kier molecular flexibility index (Phi) is 6.44. The van der Waals surface area contributed by atoms with Gasteiger partial charge in [0.2, 0.25) is 0 Å². The number of hydrogen-bond acceptors (Lipinski definition) is 5. The van der Waals surface area contributed by atoms with E-state index in [1.165, 1.54) is 23.5 Å². The number of morpholine rings is 1. The van der Waals surface area contributed by atoms with Crippen molar-refractivity contribution < 1.29 is 24.5 Å². The summed E-state index contributed by atoms with van der Waals surface area (Å²) in [4.78, 5) is 26.1. The average molecular weight is 390 g/mol. The van der Waals surface area contributed by atoms with Crippen LogP contribution < -0.4 is 5.32 Å². The third-order valence-electron chi connectivity index (χ3n) is 4.50. The molecule has 1 saturated heterocycles. The first-order valence-corrected chi connectivity index (χ1v) is 9.58. The van der Waals surface area contributed by atoms with E-state index in [1.54, 1.807) is 17.0 Å². The number of hydrogen-bond donors (Lipinski definition) is 3. The summed E-state index contributed by atoms with van der Waals surface area (Å²) >= 11 is 1.49. The number of aliphatic hydroxyl groups is 1. The Morgan fingerprint density at radius 3 is 2.74 bits per heavy atom. The summed E-state index contributed by atoms with van der Waals surface area (Å²) in [6.07, 6.45) is -0.211. The summed E-state index contributed by atoms with van der Waals surface area (Å²) in [6, 6.07) is 9.74. The Morgan fingerprint density at radius 2 is 2.07 bits per heavy atom. The zero-order chi connectivity index (χ0) is 19.2. The Hall–Kier alpha value is -2.42. The van der Waals surface area contributed by atoms with Crippen LogP contribution in [0.25, 0.3) is 0 Å². The average Bonchev–Trinajstić information content (AvgIpc) is 3.22. The highest BCUT2D eigenvalue weighted by molar-refractivity contribution is 7.10. The van der Waals surface area contributed by atoms with Crippen molar-refractivity contribution in [2.45, 2.75) is 25.1 Å². The molecule has 8 heteroatoms. The lowest BCUT2D eigenvalue weighted by atomic mass is 10.1. The topological polar surface area (TPSA) is 99.1 Å². The lowest BCUT2D eigenvalue weighted by Gasteiger charge is -2.36. The molecular weight excluding hydrogens is 368 g/mol. The lowest BCUT2D eigenvalue weighted by Crippen LogP contribution is -2.52. The van der Waals surface area contributed by atoms with Crippen LogP contribution >= 0.6 is 11.3 Å². The number of carboxylic acids is 1. The van der Waals surface area contributed by atoms with Crippen LogP contribution in [0.5, 0.6) is 0 Å². The minimum absolute atomic E-state index is 0.203. The second-order valence-electron chi connectivity index (χ2n) is 6.35. The van der Waals surface area contributed by atoms with Crippen LogP contribution in [0.15, 0.2) is 41.8 Å². The highest BCUT2D eigenvalue weighted by Gasteiger charge is 2.29. The number of aromatic carboxylic acids is 1. The number of carboxylic acid groups (broad SMARTS) is 1. The monoisotopic (exact) mass is 390 g/mol. The van der Waals surface area contributed by atoms with Gasteiger partial charge in [-0.05, 0) is 29.1 Å². The minimum Gasteiger partial charge on any atom is -0.478 e. The summed E-state index contributed by atoms with van der Waals surface area (Å²) in [5, 5.41) is 24.1. The fourth-order valence-electron chi connectivity index (χ4n) is 3.02. The molecule has 0 spiro atoms. The number of benzene rings is 1. The van der Waals surface area contributed by atoms with Crippen LogP contribution in [0, 0.1) is 0 Å². The molecule has 1 fully saturated rings. The molecule has 0 aliphatic carbocycles. The van der Waals surface area contributed by atoms with Crippen molar-refractivity contribution in [2.75, 3.05) is 19.8 Å². The number of amides is 2. The molecule has 0 saturated carbocycles. The van der Waals surface area contributed by atoms with E-state index in [2.05, 4.69) is 5.32 Å². The quantitative estimate of drug-likeness (QED) is 0.704. The van der Waals surface area contributed by atoms with Gasteiger partial charge < -0.3 is 25.2 Å². The van der Waals surface area contributed by atoms with E-state index in [1.807, 2.05) is 17.5 Å². The smallest absolute Gasteiger partial charge is 0.335 e. The van der Waals surface area contributed by atoms with Gasteiger partial charge in [-0.3, -0.25) is 0 Å². The summed E-state index contributed by atoms with van der Waals surface area (Å²) in [5.41, 5.74) is 1.03. The molecule has 0 bridgehead atoms. The molecule has 2 aromatic rings. The molecular formula is C19H22N2O5S. The fraction of sp³-hybridized carbons (Fsp3) is 0.368. The molecule has 3 rings (SSSR count). The third kappa shape index (κ3) is 5.06. The number of nitrogens with one attached hydrogen (secondary N) is 1. The molecule has 144 valence electrons. The Morgan fingerprint density at radius 1 is 1.30 bits per heavy atom. The van der Waals surface area contributed by atoms with Crippen molar-refractivity contribution in [3.63, 3.8) is 0 Å². The number of ether oxygens (including phenoxy) is 1. The van der Waals surface area contributed by atoms with E-state index < -0.39 is 12.1 Å². The molecule has 1 aromatic carbocycles. The van der Waals surface area contributed by atoms with Gasteiger partial charge in [-0.25, -0.2) is 9.59 Å². The third-order valence-corrected chi connectivity index (χ3v) is 5.47. The predicted octanol–water partition coefficient (Wildman–Crippen LogP) is 2.48. The maximum Gasteiger partial charge on any atom is 0.335 e. The van der Waals surface area contributed by atoms with Crippen molar-refractivity contribution in [1.29, 1.82) is 0 Å². The fourth-order valence-corrected chi connectivity index (χ4v) is 3.74. The first kappa shape index (κ1) is 19.3. The van der Waals surface area contributed by atoms with E-state index in [0.717, 1.165) is 10.4 Å². The number of thiophene rings is 1. The van der Waals surface area contributed by atoms with E-state index in [4.69, 9.17) is 9.84 Å². The molecule has 1 aliphatic rings. The molecule has 0 radical (unpaired) electrons. The van der Waals surface area contributed by atoms with Crippen molar-refractivity contribution in [1.82, 2.24) is 10.2 Å². The molecule has 1 aliphatic heterocycles. The predicted molar refractivity (Wildman–Crippen MR) is 101 cm³/mol. The standard InChI is InChI=1S/C19H22N2O5S/c22-16(17-2-1-9-27-17)10-15-12-26-8-7-21(15)19(25)20-11-13-3-5-14(6-4-13)18(23)24/h1-6,9,15-16,22H,7-8,10-12H2,(H,20,25)(H,23,24). The lowest BCUT2D eigenvalue weighted by molar-refractivity contribution is -0.00654. The zero-order valence-corrected chi connectivity index (χ0v) is 15.5. The Labute approximate surface area is 161 Å². The molecule has 2 atom stereocenters. The molecule has 7 nitrogen and oxygen atoms in total. The zero-order valence-electron chi connectivity index (χ0n) is 14.7. The Bertz CT molecular complexity index is 763. The molecule has 27 heavy (non-hydrogen) atoms. The maximum absolute atomic E-state index is 12.6. The van der Waals surface area contributed by atoms with Crippen LogP contribution in [0.1, 0.15) is 33.3 Å².